The number of ether oxygens (including phenoxy) is 2. The molecule has 0 spiro atoms. The molecule has 0 amide bonds. The van der Waals surface area contributed by atoms with E-state index in [9.17, 15) is 4.79 Å². The van der Waals surface area contributed by atoms with Crippen LogP contribution in [0.15, 0.2) is 107 Å². The van der Waals surface area contributed by atoms with Gasteiger partial charge in [0.25, 0.3) is 0 Å². The Labute approximate surface area is 218 Å². The molecule has 0 N–H and O–H groups in total. The van der Waals surface area contributed by atoms with E-state index in [1.165, 1.54) is 0 Å². The van der Waals surface area contributed by atoms with Crippen LogP contribution in [0.1, 0.15) is 51.3 Å². The van der Waals surface area contributed by atoms with Crippen molar-refractivity contribution in [1.82, 2.24) is 5.01 Å². The maximum Gasteiger partial charge on any atom is 0.343 e. The number of hydrazone groups is 1. The highest BCUT2D eigenvalue weighted by molar-refractivity contribution is 9.10. The van der Waals surface area contributed by atoms with Gasteiger partial charge in [0.15, 0.2) is 0 Å². The molecule has 0 bridgehead atoms. The van der Waals surface area contributed by atoms with Crippen molar-refractivity contribution in [2.75, 3.05) is 0 Å². The first-order chi connectivity index (χ1) is 17.5. The number of carbonyl (C=O) groups excluding carboxylic acids is 1. The van der Waals surface area contributed by atoms with Crippen molar-refractivity contribution < 1.29 is 14.3 Å². The molecule has 4 aromatic rings. The number of benzene rings is 4. The van der Waals surface area contributed by atoms with Gasteiger partial charge in [-0.25, -0.2) is 9.80 Å². The minimum atomic E-state index is -0.389. The largest absolute Gasteiger partial charge is 0.464 e. The van der Waals surface area contributed by atoms with E-state index in [-0.39, 0.29) is 18.2 Å². The summed E-state index contributed by atoms with van der Waals surface area (Å²) in [6, 6.07) is 31.3. The van der Waals surface area contributed by atoms with E-state index >= 15 is 0 Å². The van der Waals surface area contributed by atoms with Crippen molar-refractivity contribution >= 4 is 27.6 Å². The quantitative estimate of drug-likeness (QED) is 0.203. The normalized spacial score (nSPS) is 18.1. The standard InChI is InChI=1S/C30H23BrN2O3/c1-19-6-8-22(9-7-19)30(34)35-24-16-12-21(13-17-24)29-33-27(25-4-2-3-5-28(25)36-29)18-26(32-33)20-10-14-23(31)15-11-20/h2-17,27,29H,18H2,1H3/t27-,29+/m1/s1. The summed E-state index contributed by atoms with van der Waals surface area (Å²) in [5.41, 5.74) is 5.81. The van der Waals surface area contributed by atoms with E-state index in [2.05, 4.69) is 34.1 Å². The number of carbonyl (C=O) groups is 1. The monoisotopic (exact) mass is 538 g/mol. The van der Waals surface area contributed by atoms with Gasteiger partial charge in [-0.05, 0) is 67.1 Å². The number of aryl methyl sites for hydroxylation is 1. The number of hydrogen-bond acceptors (Lipinski definition) is 5. The lowest BCUT2D eigenvalue weighted by Crippen LogP contribution is -2.33. The Bertz CT molecular complexity index is 1450. The third-order valence-corrected chi connectivity index (χ3v) is 7.07. The number of esters is 1. The van der Waals surface area contributed by atoms with Crippen molar-refractivity contribution in [1.29, 1.82) is 0 Å². The van der Waals surface area contributed by atoms with Crippen LogP contribution >= 0.6 is 15.9 Å². The number of nitrogens with zero attached hydrogens (tertiary/aromatic N) is 2. The van der Waals surface area contributed by atoms with Crippen molar-refractivity contribution in [2.24, 2.45) is 5.10 Å². The van der Waals surface area contributed by atoms with E-state index in [4.69, 9.17) is 14.6 Å². The van der Waals surface area contributed by atoms with Crippen LogP contribution in [0.3, 0.4) is 0 Å². The van der Waals surface area contributed by atoms with Gasteiger partial charge in [0, 0.05) is 22.0 Å². The molecule has 0 unspecified atom stereocenters. The number of hydrogen-bond donors (Lipinski definition) is 0. The Morgan fingerprint density at radius 2 is 1.67 bits per heavy atom. The first kappa shape index (κ1) is 22.6. The van der Waals surface area contributed by atoms with Crippen LogP contribution in [-0.4, -0.2) is 16.7 Å². The zero-order valence-electron chi connectivity index (χ0n) is 19.6. The Hall–Kier alpha value is -3.90. The maximum absolute atomic E-state index is 12.5. The highest BCUT2D eigenvalue weighted by Crippen LogP contribution is 2.47. The van der Waals surface area contributed by atoms with Crippen molar-refractivity contribution in [3.63, 3.8) is 0 Å². The van der Waals surface area contributed by atoms with Gasteiger partial charge in [0.2, 0.25) is 6.23 Å². The molecule has 4 aromatic carbocycles. The molecule has 6 heteroatoms. The van der Waals surface area contributed by atoms with Gasteiger partial charge in [-0.2, -0.15) is 5.10 Å². The molecule has 0 aromatic heterocycles. The summed E-state index contributed by atoms with van der Waals surface area (Å²) in [5.74, 6) is 0.970. The lowest BCUT2D eigenvalue weighted by molar-refractivity contribution is -0.0190. The topological polar surface area (TPSA) is 51.1 Å². The van der Waals surface area contributed by atoms with Gasteiger partial charge in [-0.3, -0.25) is 0 Å². The molecule has 0 fully saturated rings. The number of rotatable bonds is 4. The summed E-state index contributed by atoms with van der Waals surface area (Å²) < 4.78 is 13.1. The molecule has 178 valence electrons. The zero-order valence-corrected chi connectivity index (χ0v) is 21.2. The highest BCUT2D eigenvalue weighted by atomic mass is 79.9. The molecular weight excluding hydrogens is 516 g/mol. The molecule has 2 aliphatic rings. The van der Waals surface area contributed by atoms with Gasteiger partial charge >= 0.3 is 5.97 Å². The van der Waals surface area contributed by atoms with E-state index in [0.717, 1.165) is 44.6 Å². The fourth-order valence-electron chi connectivity index (χ4n) is 4.63. The summed E-state index contributed by atoms with van der Waals surface area (Å²) >= 11 is 3.51. The summed E-state index contributed by atoms with van der Waals surface area (Å²) in [5, 5.41) is 7.06. The molecule has 36 heavy (non-hydrogen) atoms. The molecule has 0 aliphatic carbocycles. The van der Waals surface area contributed by atoms with Crippen LogP contribution in [-0.2, 0) is 0 Å². The van der Waals surface area contributed by atoms with Crippen molar-refractivity contribution in [2.45, 2.75) is 25.6 Å². The fourth-order valence-corrected chi connectivity index (χ4v) is 4.89. The first-order valence-electron chi connectivity index (χ1n) is 11.8. The van der Waals surface area contributed by atoms with Gasteiger partial charge in [-0.15, -0.1) is 0 Å². The average Bonchev–Trinajstić information content (AvgIpc) is 3.35. The van der Waals surface area contributed by atoms with Crippen molar-refractivity contribution in [3.05, 3.63) is 129 Å². The van der Waals surface area contributed by atoms with Crippen LogP contribution in [0.25, 0.3) is 0 Å². The van der Waals surface area contributed by atoms with Gasteiger partial charge in [0.1, 0.15) is 11.5 Å². The molecule has 2 atom stereocenters. The van der Waals surface area contributed by atoms with Gasteiger partial charge in [-0.1, -0.05) is 64.0 Å². The minimum absolute atomic E-state index is 0.0811. The Morgan fingerprint density at radius 1 is 0.944 bits per heavy atom. The van der Waals surface area contributed by atoms with E-state index in [1.807, 2.05) is 66.5 Å². The van der Waals surface area contributed by atoms with Crippen molar-refractivity contribution in [3.8, 4) is 11.5 Å². The maximum atomic E-state index is 12.5. The molecular formula is C30H23BrN2O3. The molecule has 2 aliphatic heterocycles. The molecule has 0 saturated heterocycles. The second kappa shape index (κ2) is 9.28. The van der Waals surface area contributed by atoms with E-state index in [0.29, 0.717) is 11.3 Å². The molecule has 0 saturated carbocycles. The summed E-state index contributed by atoms with van der Waals surface area (Å²) in [6.07, 6.45) is 0.407. The highest BCUT2D eigenvalue weighted by Gasteiger charge is 2.40. The van der Waals surface area contributed by atoms with Crippen LogP contribution in [0.2, 0.25) is 0 Å². The SMILES string of the molecule is Cc1ccc(C(=O)Oc2ccc([C@@H]3Oc4ccccc4[C@H]4CC(c5ccc(Br)cc5)=NN43)cc2)cc1. The Kier molecular flexibility index (Phi) is 5.82. The third kappa shape index (κ3) is 4.29. The fraction of sp³-hybridized carbons (Fsp3) is 0.133. The molecule has 5 nitrogen and oxygen atoms in total. The molecule has 6 rings (SSSR count). The minimum Gasteiger partial charge on any atom is -0.464 e. The smallest absolute Gasteiger partial charge is 0.343 e. The first-order valence-corrected chi connectivity index (χ1v) is 12.6. The van der Waals surface area contributed by atoms with Crippen LogP contribution in [0, 0.1) is 6.92 Å². The predicted octanol–water partition coefficient (Wildman–Crippen LogP) is 7.22. The van der Waals surface area contributed by atoms with E-state index in [1.54, 1.807) is 24.3 Å². The second-order valence-corrected chi connectivity index (χ2v) is 9.90. The average molecular weight is 539 g/mol. The summed E-state index contributed by atoms with van der Waals surface area (Å²) in [6.45, 7) is 1.98. The number of fused-ring (bicyclic) bond motifs is 3. The van der Waals surface area contributed by atoms with Crippen LogP contribution in [0.4, 0.5) is 0 Å². The lowest BCUT2D eigenvalue weighted by Gasteiger charge is -2.38. The third-order valence-electron chi connectivity index (χ3n) is 6.54. The van der Waals surface area contributed by atoms with Crippen LogP contribution in [0.5, 0.6) is 11.5 Å². The molecule has 0 radical (unpaired) electrons. The lowest BCUT2D eigenvalue weighted by atomic mass is 9.96. The second-order valence-electron chi connectivity index (χ2n) is 8.99. The number of halogens is 1. The Morgan fingerprint density at radius 3 is 2.42 bits per heavy atom. The van der Waals surface area contributed by atoms with E-state index < -0.39 is 0 Å². The summed E-state index contributed by atoms with van der Waals surface area (Å²) in [4.78, 5) is 12.5. The zero-order chi connectivity index (χ0) is 24.6. The Balaban J connectivity index is 1.28. The number of para-hydroxylation sites is 1. The summed E-state index contributed by atoms with van der Waals surface area (Å²) in [7, 11) is 0. The van der Waals surface area contributed by atoms with Gasteiger partial charge < -0.3 is 9.47 Å². The van der Waals surface area contributed by atoms with Gasteiger partial charge in [0.05, 0.1) is 17.3 Å². The molecule has 2 heterocycles. The predicted molar refractivity (Wildman–Crippen MR) is 142 cm³/mol. The van der Waals surface area contributed by atoms with Crippen LogP contribution < -0.4 is 9.47 Å².